The fourth-order valence-corrected chi connectivity index (χ4v) is 2.36. The third kappa shape index (κ3) is 3.71. The summed E-state index contributed by atoms with van der Waals surface area (Å²) in [5.74, 6) is -0.594. The van der Waals surface area contributed by atoms with E-state index in [0.29, 0.717) is 11.8 Å². The van der Waals surface area contributed by atoms with E-state index < -0.39 is 11.6 Å². The minimum atomic E-state index is -0.736. The van der Waals surface area contributed by atoms with Crippen LogP contribution in [0.5, 0.6) is 5.75 Å². The van der Waals surface area contributed by atoms with Crippen molar-refractivity contribution in [2.24, 2.45) is 7.05 Å². The summed E-state index contributed by atoms with van der Waals surface area (Å²) in [6.45, 7) is 1.72. The first-order valence-electron chi connectivity index (χ1n) is 7.82. The first-order valence-corrected chi connectivity index (χ1v) is 7.82. The summed E-state index contributed by atoms with van der Waals surface area (Å²) in [6, 6.07) is 2.42. The molecule has 3 rings (SSSR count). The molecule has 7 nitrogen and oxygen atoms in total. The van der Waals surface area contributed by atoms with Gasteiger partial charge in [-0.1, -0.05) is 0 Å². The molecular weight excluding hydrogens is 342 g/mol. The normalized spacial score (nSPS) is 10.7. The number of anilines is 3. The molecule has 0 radical (unpaired) electrons. The minimum Gasteiger partial charge on any atom is -0.494 e. The molecule has 1 aromatic carbocycles. The zero-order valence-corrected chi connectivity index (χ0v) is 14.5. The van der Waals surface area contributed by atoms with E-state index in [1.54, 1.807) is 37.2 Å². The van der Waals surface area contributed by atoms with Gasteiger partial charge in [0.2, 0.25) is 5.95 Å². The van der Waals surface area contributed by atoms with Gasteiger partial charge in [0.05, 0.1) is 19.0 Å². The lowest BCUT2D eigenvalue weighted by Crippen LogP contribution is -2.09. The molecule has 9 heteroatoms. The number of rotatable bonds is 6. The highest BCUT2D eigenvalue weighted by atomic mass is 19.1. The number of aromatic nitrogens is 4. The SMILES string of the molecule is COc1ccc(F)c(CNc2nc(Nc3cnn(C)c3)ncc2C)c1F. The molecule has 0 amide bonds. The Labute approximate surface area is 149 Å². The molecule has 0 aliphatic heterocycles. The highest BCUT2D eigenvalue weighted by Gasteiger charge is 2.15. The van der Waals surface area contributed by atoms with Crippen LogP contribution >= 0.6 is 0 Å². The van der Waals surface area contributed by atoms with Gasteiger partial charge in [-0.25, -0.2) is 13.8 Å². The Morgan fingerprint density at radius 3 is 2.73 bits per heavy atom. The first kappa shape index (κ1) is 17.6. The molecule has 0 bridgehead atoms. The van der Waals surface area contributed by atoms with Gasteiger partial charge in [-0.05, 0) is 19.1 Å². The summed E-state index contributed by atoms with van der Waals surface area (Å²) in [5, 5.41) is 10.0. The predicted octanol–water partition coefficient (Wildman–Crippen LogP) is 3.16. The number of methoxy groups -OCH3 is 1. The Balaban J connectivity index is 1.79. The molecule has 0 fully saturated rings. The highest BCUT2D eigenvalue weighted by molar-refractivity contribution is 5.54. The molecule has 0 atom stereocenters. The van der Waals surface area contributed by atoms with E-state index in [0.717, 1.165) is 11.3 Å². The second-order valence-electron chi connectivity index (χ2n) is 5.65. The van der Waals surface area contributed by atoms with E-state index in [9.17, 15) is 8.78 Å². The Hall–Kier alpha value is -3.23. The number of hydrogen-bond donors (Lipinski definition) is 2. The third-order valence-electron chi connectivity index (χ3n) is 3.74. The van der Waals surface area contributed by atoms with E-state index in [2.05, 4.69) is 25.7 Å². The van der Waals surface area contributed by atoms with Crippen LogP contribution in [0.25, 0.3) is 0 Å². The lowest BCUT2D eigenvalue weighted by molar-refractivity contribution is 0.381. The van der Waals surface area contributed by atoms with Crippen molar-refractivity contribution in [2.75, 3.05) is 17.7 Å². The Bertz CT molecular complexity index is 928. The van der Waals surface area contributed by atoms with Crippen LogP contribution in [0, 0.1) is 18.6 Å². The number of ether oxygens (including phenoxy) is 1. The standard InChI is InChI=1S/C17H18F2N6O/c1-10-6-21-17(23-11-7-22-25(2)9-11)24-16(10)20-8-12-13(18)4-5-14(26-3)15(12)19/h4-7,9H,8H2,1-3H3,(H2,20,21,23,24). The van der Waals surface area contributed by atoms with Crippen LogP contribution < -0.4 is 15.4 Å². The van der Waals surface area contributed by atoms with Crippen LogP contribution in [0.15, 0.2) is 30.7 Å². The van der Waals surface area contributed by atoms with Gasteiger partial charge in [0.25, 0.3) is 0 Å². The zero-order chi connectivity index (χ0) is 18.7. The largest absolute Gasteiger partial charge is 0.494 e. The predicted molar refractivity (Wildman–Crippen MR) is 93.5 cm³/mol. The summed E-state index contributed by atoms with van der Waals surface area (Å²) in [4.78, 5) is 8.54. The van der Waals surface area contributed by atoms with Crippen LogP contribution in [0.1, 0.15) is 11.1 Å². The lowest BCUT2D eigenvalue weighted by Gasteiger charge is -2.12. The van der Waals surface area contributed by atoms with Gasteiger partial charge in [-0.3, -0.25) is 4.68 Å². The van der Waals surface area contributed by atoms with E-state index in [4.69, 9.17) is 4.74 Å². The summed E-state index contributed by atoms with van der Waals surface area (Å²) in [5.41, 5.74) is 1.35. The molecule has 0 unspecified atom stereocenters. The molecule has 3 aromatic rings. The van der Waals surface area contributed by atoms with Gasteiger partial charge in [-0.15, -0.1) is 0 Å². The molecular formula is C17H18F2N6O. The third-order valence-corrected chi connectivity index (χ3v) is 3.74. The average Bonchev–Trinajstić information content (AvgIpc) is 3.02. The van der Waals surface area contributed by atoms with Gasteiger partial charge < -0.3 is 15.4 Å². The molecule has 0 saturated heterocycles. The van der Waals surface area contributed by atoms with Crippen LogP contribution in [0.3, 0.4) is 0 Å². The topological polar surface area (TPSA) is 76.9 Å². The van der Waals surface area contributed by atoms with Crippen LogP contribution in [0.2, 0.25) is 0 Å². The fourth-order valence-electron chi connectivity index (χ4n) is 2.36. The van der Waals surface area contributed by atoms with Gasteiger partial charge >= 0.3 is 0 Å². The lowest BCUT2D eigenvalue weighted by atomic mass is 10.1. The van der Waals surface area contributed by atoms with Crippen molar-refractivity contribution in [1.82, 2.24) is 19.7 Å². The second kappa shape index (κ2) is 7.34. The summed E-state index contributed by atoms with van der Waals surface area (Å²) >= 11 is 0. The Kier molecular flexibility index (Phi) is 4.97. The van der Waals surface area contributed by atoms with Crippen molar-refractivity contribution in [2.45, 2.75) is 13.5 Å². The molecule has 136 valence electrons. The molecule has 26 heavy (non-hydrogen) atoms. The first-order chi connectivity index (χ1) is 12.5. The van der Waals surface area contributed by atoms with Crippen LogP contribution in [-0.4, -0.2) is 26.9 Å². The van der Waals surface area contributed by atoms with E-state index in [1.807, 2.05) is 0 Å². The second-order valence-corrected chi connectivity index (χ2v) is 5.65. The maximum Gasteiger partial charge on any atom is 0.229 e. The van der Waals surface area contributed by atoms with E-state index in [1.165, 1.54) is 19.2 Å². The van der Waals surface area contributed by atoms with Gasteiger partial charge in [0.15, 0.2) is 11.6 Å². The fraction of sp³-hybridized carbons (Fsp3) is 0.235. The van der Waals surface area contributed by atoms with Gasteiger partial charge in [0.1, 0.15) is 11.6 Å². The average molecular weight is 360 g/mol. The number of hydrogen-bond acceptors (Lipinski definition) is 6. The number of nitrogens with one attached hydrogen (secondary N) is 2. The monoisotopic (exact) mass is 360 g/mol. The van der Waals surface area contributed by atoms with Crippen molar-refractivity contribution in [3.63, 3.8) is 0 Å². The van der Waals surface area contributed by atoms with Crippen LogP contribution in [-0.2, 0) is 13.6 Å². The van der Waals surface area contributed by atoms with Gasteiger partial charge in [0, 0.05) is 37.1 Å². The number of benzene rings is 1. The Morgan fingerprint density at radius 2 is 2.04 bits per heavy atom. The smallest absolute Gasteiger partial charge is 0.229 e. The molecule has 0 aliphatic carbocycles. The molecule has 2 aromatic heterocycles. The van der Waals surface area contributed by atoms with Crippen molar-refractivity contribution in [1.29, 1.82) is 0 Å². The number of nitrogens with zero attached hydrogens (tertiary/aromatic N) is 4. The summed E-state index contributed by atoms with van der Waals surface area (Å²) in [7, 11) is 3.13. The maximum absolute atomic E-state index is 14.2. The van der Waals surface area contributed by atoms with Crippen molar-refractivity contribution in [3.8, 4) is 5.75 Å². The maximum atomic E-state index is 14.2. The highest BCUT2D eigenvalue weighted by Crippen LogP contribution is 2.24. The van der Waals surface area contributed by atoms with Crippen molar-refractivity contribution >= 4 is 17.5 Å². The molecule has 2 N–H and O–H groups in total. The molecule has 0 spiro atoms. The zero-order valence-electron chi connectivity index (χ0n) is 14.5. The summed E-state index contributed by atoms with van der Waals surface area (Å²) < 4.78 is 34.7. The van der Waals surface area contributed by atoms with E-state index in [-0.39, 0.29) is 17.9 Å². The molecule has 2 heterocycles. The minimum absolute atomic E-state index is 0.0125. The molecule has 0 saturated carbocycles. The summed E-state index contributed by atoms with van der Waals surface area (Å²) in [6.07, 6.45) is 5.03. The Morgan fingerprint density at radius 1 is 1.23 bits per heavy atom. The quantitative estimate of drug-likeness (QED) is 0.703. The van der Waals surface area contributed by atoms with Gasteiger partial charge in [-0.2, -0.15) is 10.1 Å². The number of aryl methyl sites for hydroxylation is 2. The van der Waals surface area contributed by atoms with Crippen LogP contribution in [0.4, 0.5) is 26.2 Å². The van der Waals surface area contributed by atoms with Crippen molar-refractivity contribution in [3.05, 3.63) is 53.5 Å². The molecule has 0 aliphatic rings. The van der Waals surface area contributed by atoms with E-state index >= 15 is 0 Å². The number of halogens is 2. The van der Waals surface area contributed by atoms with Crippen molar-refractivity contribution < 1.29 is 13.5 Å².